The zero-order chi connectivity index (χ0) is 17.5. The third-order valence-corrected chi connectivity index (χ3v) is 4.06. The van der Waals surface area contributed by atoms with Crippen molar-refractivity contribution < 1.29 is 4.74 Å². The fourth-order valence-corrected chi connectivity index (χ4v) is 2.84. The Morgan fingerprint density at radius 3 is 2.09 bits per heavy atom. The molecule has 0 unspecified atom stereocenters. The van der Waals surface area contributed by atoms with Crippen molar-refractivity contribution in [3.63, 3.8) is 0 Å². The van der Waals surface area contributed by atoms with E-state index in [1.54, 1.807) is 0 Å². The highest BCUT2D eigenvalue weighted by atomic mass is 32.2. The summed E-state index contributed by atoms with van der Waals surface area (Å²) >= 11 is 1.87. The Labute approximate surface area is 147 Å². The van der Waals surface area contributed by atoms with Crippen molar-refractivity contribution >= 4 is 11.8 Å². The Bertz CT molecular complexity index is 506. The van der Waals surface area contributed by atoms with Crippen LogP contribution in [-0.2, 0) is 6.42 Å². The van der Waals surface area contributed by atoms with Crippen LogP contribution >= 0.6 is 11.8 Å². The minimum Gasteiger partial charge on any atom is -0.493 e. The van der Waals surface area contributed by atoms with E-state index in [4.69, 9.17) is 4.74 Å². The number of rotatable bonds is 6. The molecule has 0 aliphatic heterocycles. The van der Waals surface area contributed by atoms with Gasteiger partial charge < -0.3 is 4.74 Å². The van der Waals surface area contributed by atoms with Gasteiger partial charge in [-0.1, -0.05) is 70.5 Å². The number of hydrogen-bond donors (Lipinski definition) is 0. The molecular formula is C21H32OS. The smallest absolute Gasteiger partial charge is 0.119 e. The molecule has 23 heavy (non-hydrogen) atoms. The third kappa shape index (κ3) is 8.71. The van der Waals surface area contributed by atoms with Gasteiger partial charge in [-0.3, -0.25) is 0 Å². The first-order valence-corrected chi connectivity index (χ1v) is 9.68. The van der Waals surface area contributed by atoms with Crippen LogP contribution in [0.15, 0.2) is 53.4 Å². The fraction of sp³-hybridized carbons (Fsp3) is 0.429. The average molecular weight is 333 g/mol. The highest BCUT2D eigenvalue weighted by molar-refractivity contribution is 7.99. The van der Waals surface area contributed by atoms with Gasteiger partial charge >= 0.3 is 0 Å². The Kier molecular flexibility index (Phi) is 13.3. The normalized spacial score (nSPS) is 9.13. The van der Waals surface area contributed by atoms with E-state index in [9.17, 15) is 0 Å². The Morgan fingerprint density at radius 2 is 1.48 bits per heavy atom. The molecule has 2 aromatic carbocycles. The van der Waals surface area contributed by atoms with E-state index in [0.29, 0.717) is 0 Å². The van der Waals surface area contributed by atoms with Crippen LogP contribution in [0, 0.1) is 6.92 Å². The van der Waals surface area contributed by atoms with Crippen LogP contribution < -0.4 is 4.74 Å². The second-order valence-corrected chi connectivity index (χ2v) is 5.61. The van der Waals surface area contributed by atoms with E-state index in [1.807, 2.05) is 51.6 Å². The van der Waals surface area contributed by atoms with Crippen LogP contribution in [0.1, 0.15) is 45.7 Å². The number of ether oxygens (including phenoxy) is 1. The summed E-state index contributed by atoms with van der Waals surface area (Å²) in [6, 6.07) is 16.8. The largest absolute Gasteiger partial charge is 0.493 e. The fourth-order valence-electron chi connectivity index (χ4n) is 1.88. The van der Waals surface area contributed by atoms with Gasteiger partial charge in [0.1, 0.15) is 5.75 Å². The first-order chi connectivity index (χ1) is 11.3. The zero-order valence-electron chi connectivity index (χ0n) is 15.6. The number of hydrogen-bond acceptors (Lipinski definition) is 2. The Balaban J connectivity index is 0.00000112. The first kappa shape index (κ1) is 21.6. The molecule has 1 nitrogen and oxygen atoms in total. The van der Waals surface area contributed by atoms with Crippen LogP contribution in [0.25, 0.3) is 0 Å². The van der Waals surface area contributed by atoms with Crippen molar-refractivity contribution in [2.45, 2.75) is 52.9 Å². The maximum atomic E-state index is 5.74. The van der Waals surface area contributed by atoms with E-state index < -0.39 is 0 Å². The van der Waals surface area contributed by atoms with Gasteiger partial charge in [0.2, 0.25) is 0 Å². The van der Waals surface area contributed by atoms with Crippen molar-refractivity contribution in [2.75, 3.05) is 12.4 Å². The Morgan fingerprint density at radius 1 is 0.870 bits per heavy atom. The minimum absolute atomic E-state index is 0.742. The lowest BCUT2D eigenvalue weighted by Gasteiger charge is -2.08. The third-order valence-electron chi connectivity index (χ3n) is 2.98. The molecule has 0 heterocycles. The van der Waals surface area contributed by atoms with Crippen LogP contribution in [0.5, 0.6) is 5.75 Å². The van der Waals surface area contributed by atoms with Crippen molar-refractivity contribution in [3.05, 3.63) is 59.7 Å². The van der Waals surface area contributed by atoms with Gasteiger partial charge in [0.25, 0.3) is 0 Å². The summed E-state index contributed by atoms with van der Waals surface area (Å²) in [5.41, 5.74) is 2.68. The van der Waals surface area contributed by atoms with Crippen LogP contribution in [0.4, 0.5) is 0 Å². The van der Waals surface area contributed by atoms with Crippen molar-refractivity contribution in [1.82, 2.24) is 0 Å². The summed E-state index contributed by atoms with van der Waals surface area (Å²) in [6.45, 7) is 13.0. The summed E-state index contributed by atoms with van der Waals surface area (Å²) in [7, 11) is 0. The zero-order valence-corrected chi connectivity index (χ0v) is 16.4. The minimum atomic E-state index is 0.742. The molecule has 0 atom stereocenters. The van der Waals surface area contributed by atoms with E-state index in [1.165, 1.54) is 16.0 Å². The predicted molar refractivity (Wildman–Crippen MR) is 106 cm³/mol. The SMILES string of the molecule is CC.CC.CCc1ccccc1SCCOc1ccc(C)cc1. The monoisotopic (exact) mass is 332 g/mol. The summed E-state index contributed by atoms with van der Waals surface area (Å²) in [5.74, 6) is 1.93. The molecule has 128 valence electrons. The van der Waals surface area contributed by atoms with Gasteiger partial charge in [0, 0.05) is 10.6 Å². The van der Waals surface area contributed by atoms with Crippen LogP contribution in [0.3, 0.4) is 0 Å². The summed E-state index contributed by atoms with van der Waals surface area (Å²) in [5, 5.41) is 0. The molecule has 2 rings (SSSR count). The molecule has 0 spiro atoms. The topological polar surface area (TPSA) is 9.23 Å². The highest BCUT2D eigenvalue weighted by Crippen LogP contribution is 2.23. The number of aryl methyl sites for hydroxylation is 2. The van der Waals surface area contributed by atoms with E-state index in [0.717, 1.165) is 24.5 Å². The van der Waals surface area contributed by atoms with Crippen molar-refractivity contribution in [3.8, 4) is 5.75 Å². The molecule has 0 amide bonds. The molecule has 2 heteroatoms. The van der Waals surface area contributed by atoms with Gasteiger partial charge in [0.05, 0.1) is 6.61 Å². The quantitative estimate of drug-likeness (QED) is 0.426. The van der Waals surface area contributed by atoms with E-state index in [-0.39, 0.29) is 0 Å². The van der Waals surface area contributed by atoms with E-state index >= 15 is 0 Å². The summed E-state index contributed by atoms with van der Waals surface area (Å²) < 4.78 is 5.74. The molecule has 0 aromatic heterocycles. The molecule has 0 bridgehead atoms. The molecular weight excluding hydrogens is 300 g/mol. The maximum absolute atomic E-state index is 5.74. The summed E-state index contributed by atoms with van der Waals surface area (Å²) in [6.07, 6.45) is 1.09. The van der Waals surface area contributed by atoms with Gasteiger partial charge in [-0.15, -0.1) is 11.8 Å². The highest BCUT2D eigenvalue weighted by Gasteiger charge is 2.00. The lowest BCUT2D eigenvalue weighted by molar-refractivity contribution is 0.344. The molecule has 0 aliphatic carbocycles. The van der Waals surface area contributed by atoms with Gasteiger partial charge in [-0.2, -0.15) is 0 Å². The Hall–Kier alpha value is -1.41. The van der Waals surface area contributed by atoms with Crippen LogP contribution in [-0.4, -0.2) is 12.4 Å². The molecule has 0 fully saturated rings. The number of thioether (sulfide) groups is 1. The van der Waals surface area contributed by atoms with Gasteiger partial charge in [0.15, 0.2) is 0 Å². The summed E-state index contributed by atoms with van der Waals surface area (Å²) in [4.78, 5) is 1.37. The molecule has 0 radical (unpaired) electrons. The van der Waals surface area contributed by atoms with Gasteiger partial charge in [-0.25, -0.2) is 0 Å². The standard InChI is InChI=1S/C17H20OS.2C2H6/c1-3-15-6-4-5-7-17(15)19-13-12-18-16-10-8-14(2)9-11-16;2*1-2/h4-11H,3,12-13H2,1-2H3;2*1-2H3. The lowest BCUT2D eigenvalue weighted by Crippen LogP contribution is -2.00. The average Bonchev–Trinajstić information content (AvgIpc) is 2.64. The van der Waals surface area contributed by atoms with Crippen molar-refractivity contribution in [1.29, 1.82) is 0 Å². The van der Waals surface area contributed by atoms with E-state index in [2.05, 4.69) is 50.2 Å². The maximum Gasteiger partial charge on any atom is 0.119 e. The molecule has 0 saturated carbocycles. The lowest BCUT2D eigenvalue weighted by atomic mass is 10.2. The van der Waals surface area contributed by atoms with Gasteiger partial charge in [-0.05, 0) is 37.1 Å². The molecule has 0 aliphatic rings. The molecule has 2 aromatic rings. The predicted octanol–water partition coefficient (Wildman–Crippen LogP) is 6.78. The van der Waals surface area contributed by atoms with Crippen LogP contribution in [0.2, 0.25) is 0 Å². The van der Waals surface area contributed by atoms with Crippen molar-refractivity contribution in [2.24, 2.45) is 0 Å². The first-order valence-electron chi connectivity index (χ1n) is 8.69. The second kappa shape index (κ2) is 14.2. The second-order valence-electron chi connectivity index (χ2n) is 4.47. The number of benzene rings is 2. The molecule has 0 N–H and O–H groups in total. The molecule has 0 saturated heterocycles.